The molecule has 4 N–H and O–H groups in total. The largest absolute Gasteiger partial charge is 0.497 e. The molecule has 1 heterocycles. The Morgan fingerprint density at radius 3 is 2.54 bits per heavy atom. The Balaban J connectivity index is 1.99. The minimum Gasteiger partial charge on any atom is -0.497 e. The molecule has 3 rings (SSSR count). The van der Waals surface area contributed by atoms with Crippen LogP contribution in [-0.2, 0) is 12.8 Å². The Bertz CT molecular complexity index is 984. The smallest absolute Gasteiger partial charge is 0.277 e. The van der Waals surface area contributed by atoms with Crippen LogP contribution in [0.25, 0.3) is 11.3 Å². The molecular weight excluding hydrogens is 328 g/mol. The van der Waals surface area contributed by atoms with Crippen molar-refractivity contribution < 1.29 is 4.74 Å². The summed E-state index contributed by atoms with van der Waals surface area (Å²) in [6, 6.07) is 15.7. The molecule has 0 radical (unpaired) electrons. The number of benzene rings is 2. The Morgan fingerprint density at radius 2 is 1.92 bits per heavy atom. The van der Waals surface area contributed by atoms with Crippen LogP contribution in [0.1, 0.15) is 16.7 Å². The van der Waals surface area contributed by atoms with Crippen LogP contribution in [0.15, 0.2) is 53.3 Å². The monoisotopic (exact) mass is 350 g/mol. The molecule has 0 fully saturated rings. The van der Waals surface area contributed by atoms with Crippen LogP contribution in [-0.4, -0.2) is 22.8 Å². The molecule has 0 unspecified atom stereocenters. The predicted octanol–water partition coefficient (Wildman–Crippen LogP) is 2.69. The van der Waals surface area contributed by atoms with Gasteiger partial charge in [0.05, 0.1) is 12.8 Å². The predicted molar refractivity (Wildman–Crippen MR) is 103 cm³/mol. The van der Waals surface area contributed by atoms with Gasteiger partial charge < -0.3 is 10.5 Å². The van der Waals surface area contributed by atoms with E-state index in [2.05, 4.69) is 17.2 Å². The zero-order chi connectivity index (χ0) is 18.7. The molecule has 0 saturated heterocycles. The van der Waals surface area contributed by atoms with Gasteiger partial charge in [-0.2, -0.15) is 4.68 Å². The lowest BCUT2D eigenvalue weighted by molar-refractivity contribution is 0.415. The normalized spacial score (nSPS) is 10.7. The van der Waals surface area contributed by atoms with Gasteiger partial charge in [-0.15, -0.1) is 0 Å². The van der Waals surface area contributed by atoms with Crippen LogP contribution in [0.3, 0.4) is 0 Å². The number of ether oxygens (including phenoxy) is 1. The van der Waals surface area contributed by atoms with E-state index in [1.807, 2.05) is 43.3 Å². The van der Waals surface area contributed by atoms with E-state index >= 15 is 0 Å². The number of methoxy groups -OCH3 is 1. The first-order chi connectivity index (χ1) is 12.5. The van der Waals surface area contributed by atoms with Crippen molar-refractivity contribution in [3.05, 3.63) is 75.6 Å². The van der Waals surface area contributed by atoms with Gasteiger partial charge in [0.1, 0.15) is 5.75 Å². The van der Waals surface area contributed by atoms with E-state index in [-0.39, 0.29) is 11.5 Å². The molecule has 0 amide bonds. The lowest BCUT2D eigenvalue weighted by Crippen LogP contribution is -2.31. The van der Waals surface area contributed by atoms with Crippen LogP contribution < -0.4 is 16.0 Å². The van der Waals surface area contributed by atoms with Crippen LogP contribution >= 0.6 is 0 Å². The topological polar surface area (TPSA) is 96.9 Å². The van der Waals surface area contributed by atoms with Crippen LogP contribution in [0, 0.1) is 12.3 Å². The maximum absolute atomic E-state index is 12.7. The lowest BCUT2D eigenvalue weighted by Gasteiger charge is -2.05. The molecule has 26 heavy (non-hydrogen) atoms. The maximum Gasteiger partial charge on any atom is 0.277 e. The molecule has 6 nitrogen and oxygen atoms in total. The number of hydrogen-bond donors (Lipinski definition) is 3. The lowest BCUT2D eigenvalue weighted by atomic mass is 10.0. The third kappa shape index (κ3) is 3.54. The van der Waals surface area contributed by atoms with Crippen LogP contribution in [0.2, 0.25) is 0 Å². The Hall–Kier alpha value is -3.28. The summed E-state index contributed by atoms with van der Waals surface area (Å²) in [5, 5.41) is 10.6. The average Bonchev–Trinajstić information content (AvgIpc) is 2.97. The molecule has 0 aliphatic rings. The highest BCUT2D eigenvalue weighted by Gasteiger charge is 2.17. The molecule has 0 bridgehead atoms. The second kappa shape index (κ2) is 7.31. The van der Waals surface area contributed by atoms with Crippen molar-refractivity contribution in [2.45, 2.75) is 19.8 Å². The van der Waals surface area contributed by atoms with Gasteiger partial charge in [-0.1, -0.05) is 29.8 Å². The number of aryl methyl sites for hydroxylation is 2. The first-order valence-corrected chi connectivity index (χ1v) is 8.38. The number of nitrogens with two attached hydrogens (primary N) is 1. The number of rotatable bonds is 5. The van der Waals surface area contributed by atoms with E-state index in [9.17, 15) is 4.79 Å². The molecule has 3 aromatic rings. The SMILES string of the molecule is COc1ccc(-c2[nH]n(C(=N)N)c(=O)c2CCc2cccc(C)c2)cc1. The second-order valence-electron chi connectivity index (χ2n) is 6.21. The molecule has 0 spiro atoms. The molecule has 1 aromatic heterocycles. The third-order valence-corrected chi connectivity index (χ3v) is 4.35. The fourth-order valence-corrected chi connectivity index (χ4v) is 3.01. The first kappa shape index (κ1) is 17.5. The fraction of sp³-hybridized carbons (Fsp3) is 0.200. The number of aromatic amines is 1. The summed E-state index contributed by atoms with van der Waals surface area (Å²) in [7, 11) is 1.61. The van der Waals surface area contributed by atoms with E-state index in [4.69, 9.17) is 15.9 Å². The average molecular weight is 350 g/mol. The van der Waals surface area contributed by atoms with Gasteiger partial charge in [-0.3, -0.25) is 15.3 Å². The number of nitrogens with one attached hydrogen (secondary N) is 2. The van der Waals surface area contributed by atoms with E-state index in [1.165, 1.54) is 11.1 Å². The summed E-state index contributed by atoms with van der Waals surface area (Å²) in [5.41, 5.74) is 9.76. The van der Waals surface area contributed by atoms with Crippen molar-refractivity contribution in [1.29, 1.82) is 5.41 Å². The zero-order valence-electron chi connectivity index (χ0n) is 14.9. The van der Waals surface area contributed by atoms with Gasteiger partial charge in [-0.05, 0) is 49.6 Å². The minimum atomic E-state index is -0.327. The highest BCUT2D eigenvalue weighted by Crippen LogP contribution is 2.23. The van der Waals surface area contributed by atoms with E-state index in [1.54, 1.807) is 7.11 Å². The van der Waals surface area contributed by atoms with Gasteiger partial charge in [-0.25, -0.2) is 0 Å². The quantitative estimate of drug-likeness (QED) is 0.487. The van der Waals surface area contributed by atoms with Crippen LogP contribution in [0.4, 0.5) is 0 Å². The van der Waals surface area contributed by atoms with Gasteiger partial charge in [0.25, 0.3) is 5.56 Å². The highest BCUT2D eigenvalue weighted by atomic mass is 16.5. The fourth-order valence-electron chi connectivity index (χ4n) is 3.01. The number of hydrogen-bond acceptors (Lipinski definition) is 3. The molecule has 134 valence electrons. The van der Waals surface area contributed by atoms with Crippen molar-refractivity contribution in [2.24, 2.45) is 5.73 Å². The van der Waals surface area contributed by atoms with Gasteiger partial charge >= 0.3 is 0 Å². The maximum atomic E-state index is 12.7. The van der Waals surface area contributed by atoms with Crippen molar-refractivity contribution in [1.82, 2.24) is 9.78 Å². The number of nitrogens with zero attached hydrogens (tertiary/aromatic N) is 1. The molecule has 2 aromatic carbocycles. The summed E-state index contributed by atoms with van der Waals surface area (Å²) < 4.78 is 6.26. The van der Waals surface area contributed by atoms with Crippen LogP contribution in [0.5, 0.6) is 5.75 Å². The van der Waals surface area contributed by atoms with Gasteiger partial charge in [0, 0.05) is 11.1 Å². The molecule has 6 heteroatoms. The second-order valence-corrected chi connectivity index (χ2v) is 6.21. The summed E-state index contributed by atoms with van der Waals surface area (Å²) in [6.07, 6.45) is 1.29. The Labute approximate surface area is 151 Å². The Morgan fingerprint density at radius 1 is 1.19 bits per heavy atom. The molecule has 0 aliphatic heterocycles. The molecule has 0 aliphatic carbocycles. The number of aromatic nitrogens is 2. The standard InChI is InChI=1S/C20H22N4O2/c1-13-4-3-5-14(12-13)6-11-17-18(23-24(19(17)25)20(21)22)15-7-9-16(26-2)10-8-15/h3-5,7-10,12,23H,6,11H2,1-2H3,(H3,21,22). The summed E-state index contributed by atoms with van der Waals surface area (Å²) in [4.78, 5) is 12.7. The molecule has 0 saturated carbocycles. The van der Waals surface area contributed by atoms with Crippen molar-refractivity contribution in [3.8, 4) is 17.0 Å². The van der Waals surface area contributed by atoms with Crippen molar-refractivity contribution in [3.63, 3.8) is 0 Å². The third-order valence-electron chi connectivity index (χ3n) is 4.35. The molecular formula is C20H22N4O2. The van der Waals surface area contributed by atoms with E-state index in [0.29, 0.717) is 17.7 Å². The van der Waals surface area contributed by atoms with Gasteiger partial charge in [0.2, 0.25) is 5.96 Å². The van der Waals surface area contributed by atoms with Gasteiger partial charge in [0.15, 0.2) is 0 Å². The number of H-pyrrole nitrogens is 1. The summed E-state index contributed by atoms with van der Waals surface area (Å²) in [6.45, 7) is 2.05. The minimum absolute atomic E-state index is 0.282. The number of nitrogen functional groups attached to an aromatic ring is 1. The van der Waals surface area contributed by atoms with Crippen molar-refractivity contribution in [2.75, 3.05) is 7.11 Å². The van der Waals surface area contributed by atoms with Crippen molar-refractivity contribution >= 4 is 5.96 Å². The summed E-state index contributed by atoms with van der Waals surface area (Å²) >= 11 is 0. The highest BCUT2D eigenvalue weighted by molar-refractivity contribution is 5.78. The Kier molecular flexibility index (Phi) is 4.93. The first-order valence-electron chi connectivity index (χ1n) is 8.38. The van der Waals surface area contributed by atoms with E-state index in [0.717, 1.165) is 22.4 Å². The summed E-state index contributed by atoms with van der Waals surface area (Å²) in [5.74, 6) is 0.412. The zero-order valence-corrected chi connectivity index (χ0v) is 14.9. The van der Waals surface area contributed by atoms with E-state index < -0.39 is 0 Å². The molecule has 0 atom stereocenters.